The summed E-state index contributed by atoms with van der Waals surface area (Å²) in [5.74, 6) is 0. The number of halogens is 1. The van der Waals surface area contributed by atoms with Gasteiger partial charge in [0.05, 0.1) is 21.3 Å². The van der Waals surface area contributed by atoms with Crippen molar-refractivity contribution in [2.24, 2.45) is 0 Å². The van der Waals surface area contributed by atoms with E-state index in [1.807, 2.05) is 0 Å². The SMILES string of the molecule is Nc1cc(S(=O)(=O)Nc2ccsc2)ccc1Cl. The van der Waals surface area contributed by atoms with Gasteiger partial charge in [-0.25, -0.2) is 8.42 Å². The molecule has 1 aromatic carbocycles. The van der Waals surface area contributed by atoms with Crippen LogP contribution >= 0.6 is 22.9 Å². The van der Waals surface area contributed by atoms with Crippen LogP contribution in [0.5, 0.6) is 0 Å². The molecule has 1 heterocycles. The van der Waals surface area contributed by atoms with E-state index in [1.165, 1.54) is 29.5 Å². The van der Waals surface area contributed by atoms with E-state index in [1.54, 1.807) is 16.8 Å². The maximum Gasteiger partial charge on any atom is 0.261 e. The number of rotatable bonds is 3. The first-order valence-corrected chi connectivity index (χ1v) is 7.39. The molecule has 7 heteroatoms. The van der Waals surface area contributed by atoms with Crippen molar-refractivity contribution in [1.29, 1.82) is 0 Å². The highest BCUT2D eigenvalue weighted by Crippen LogP contribution is 2.24. The van der Waals surface area contributed by atoms with Gasteiger partial charge >= 0.3 is 0 Å². The molecule has 0 aliphatic rings. The number of nitrogens with two attached hydrogens (primary N) is 1. The lowest BCUT2D eigenvalue weighted by Crippen LogP contribution is -2.12. The Morgan fingerprint density at radius 2 is 2.06 bits per heavy atom. The zero-order valence-corrected chi connectivity index (χ0v) is 10.9. The quantitative estimate of drug-likeness (QED) is 0.853. The van der Waals surface area contributed by atoms with Crippen molar-refractivity contribution < 1.29 is 8.42 Å². The van der Waals surface area contributed by atoms with Gasteiger partial charge in [-0.15, -0.1) is 0 Å². The second kappa shape index (κ2) is 4.56. The van der Waals surface area contributed by atoms with Gasteiger partial charge in [0, 0.05) is 5.38 Å². The van der Waals surface area contributed by atoms with Gasteiger partial charge in [0.1, 0.15) is 0 Å². The summed E-state index contributed by atoms with van der Waals surface area (Å²) in [7, 11) is -3.60. The average molecular weight is 289 g/mol. The summed E-state index contributed by atoms with van der Waals surface area (Å²) in [6, 6.07) is 5.88. The van der Waals surface area contributed by atoms with Crippen LogP contribution in [-0.4, -0.2) is 8.42 Å². The minimum absolute atomic E-state index is 0.0885. The topological polar surface area (TPSA) is 72.2 Å². The molecular formula is C10H9ClN2O2S2. The fraction of sp³-hybridized carbons (Fsp3) is 0. The number of thiophene rings is 1. The highest BCUT2D eigenvalue weighted by molar-refractivity contribution is 7.92. The van der Waals surface area contributed by atoms with Crippen molar-refractivity contribution in [2.75, 3.05) is 10.5 Å². The Morgan fingerprint density at radius 1 is 1.29 bits per heavy atom. The zero-order chi connectivity index (χ0) is 12.5. The van der Waals surface area contributed by atoms with Crippen LogP contribution in [0.25, 0.3) is 0 Å². The Hall–Kier alpha value is -1.24. The van der Waals surface area contributed by atoms with Gasteiger partial charge in [-0.1, -0.05) is 11.6 Å². The molecule has 17 heavy (non-hydrogen) atoms. The van der Waals surface area contributed by atoms with Gasteiger partial charge < -0.3 is 5.73 Å². The van der Waals surface area contributed by atoms with Crippen LogP contribution in [0, 0.1) is 0 Å². The van der Waals surface area contributed by atoms with Crippen LogP contribution in [-0.2, 0) is 10.0 Å². The highest BCUT2D eigenvalue weighted by Gasteiger charge is 2.15. The van der Waals surface area contributed by atoms with E-state index in [9.17, 15) is 8.42 Å². The largest absolute Gasteiger partial charge is 0.397 e. The Bertz CT molecular complexity index is 624. The van der Waals surface area contributed by atoms with E-state index in [2.05, 4.69) is 4.72 Å². The van der Waals surface area contributed by atoms with Crippen LogP contribution < -0.4 is 10.5 Å². The molecule has 3 N–H and O–H groups in total. The lowest BCUT2D eigenvalue weighted by Gasteiger charge is -2.07. The Balaban J connectivity index is 2.35. The predicted molar refractivity (Wildman–Crippen MR) is 71.0 cm³/mol. The Morgan fingerprint density at radius 3 is 2.65 bits per heavy atom. The summed E-state index contributed by atoms with van der Waals surface area (Å²) in [5, 5.41) is 3.82. The minimum atomic E-state index is -3.60. The first kappa shape index (κ1) is 12.2. The summed E-state index contributed by atoms with van der Waals surface area (Å²) in [4.78, 5) is 0.0885. The molecule has 0 unspecified atom stereocenters. The van der Waals surface area contributed by atoms with E-state index in [0.29, 0.717) is 10.7 Å². The van der Waals surface area contributed by atoms with Crippen LogP contribution in [0.15, 0.2) is 39.9 Å². The molecule has 0 amide bonds. The Labute approximate surface area is 108 Å². The fourth-order valence-corrected chi connectivity index (χ4v) is 3.09. The summed E-state index contributed by atoms with van der Waals surface area (Å²) in [5.41, 5.74) is 6.34. The minimum Gasteiger partial charge on any atom is -0.397 e. The molecule has 0 fully saturated rings. The molecule has 2 rings (SSSR count). The summed E-state index contributed by atoms with van der Waals surface area (Å²) < 4.78 is 26.4. The maximum absolute atomic E-state index is 12.0. The molecule has 0 spiro atoms. The van der Waals surface area contributed by atoms with E-state index in [4.69, 9.17) is 17.3 Å². The van der Waals surface area contributed by atoms with Crippen molar-refractivity contribution in [2.45, 2.75) is 4.90 Å². The predicted octanol–water partition coefficient (Wildman–Crippen LogP) is 2.78. The first-order valence-electron chi connectivity index (χ1n) is 4.59. The third kappa shape index (κ3) is 2.71. The molecule has 0 aliphatic heterocycles. The highest BCUT2D eigenvalue weighted by atomic mass is 35.5. The lowest BCUT2D eigenvalue weighted by atomic mass is 10.3. The van der Waals surface area contributed by atoms with Crippen LogP contribution in [0.1, 0.15) is 0 Å². The molecule has 0 bridgehead atoms. The number of sulfonamides is 1. The lowest BCUT2D eigenvalue weighted by molar-refractivity contribution is 0.601. The van der Waals surface area contributed by atoms with E-state index >= 15 is 0 Å². The molecule has 0 saturated heterocycles. The number of nitrogen functional groups attached to an aromatic ring is 1. The zero-order valence-electron chi connectivity index (χ0n) is 8.55. The number of hydrogen-bond acceptors (Lipinski definition) is 4. The fourth-order valence-electron chi connectivity index (χ4n) is 1.23. The molecule has 2 aromatic rings. The van der Waals surface area contributed by atoms with Crippen molar-refractivity contribution >= 4 is 44.3 Å². The third-order valence-corrected chi connectivity index (χ3v) is 4.46. The standard InChI is InChI=1S/C10H9ClN2O2S2/c11-9-2-1-8(5-10(9)12)17(14,15)13-7-3-4-16-6-7/h1-6,13H,12H2. The van der Waals surface area contributed by atoms with E-state index in [-0.39, 0.29) is 10.6 Å². The summed E-state index contributed by atoms with van der Waals surface area (Å²) in [6.45, 7) is 0. The summed E-state index contributed by atoms with van der Waals surface area (Å²) >= 11 is 7.14. The second-order valence-electron chi connectivity index (χ2n) is 3.30. The summed E-state index contributed by atoms with van der Waals surface area (Å²) in [6.07, 6.45) is 0. The van der Waals surface area contributed by atoms with Crippen LogP contribution in [0.2, 0.25) is 5.02 Å². The van der Waals surface area contributed by atoms with E-state index < -0.39 is 10.0 Å². The van der Waals surface area contributed by atoms with Crippen LogP contribution in [0.4, 0.5) is 11.4 Å². The number of nitrogens with one attached hydrogen (secondary N) is 1. The van der Waals surface area contributed by atoms with Crippen LogP contribution in [0.3, 0.4) is 0 Å². The van der Waals surface area contributed by atoms with Crippen molar-refractivity contribution in [1.82, 2.24) is 0 Å². The normalized spacial score (nSPS) is 11.4. The number of anilines is 2. The van der Waals surface area contributed by atoms with Gasteiger partial charge in [-0.3, -0.25) is 4.72 Å². The Kier molecular flexibility index (Phi) is 3.28. The van der Waals surface area contributed by atoms with Gasteiger partial charge in [0.15, 0.2) is 0 Å². The first-order chi connectivity index (χ1) is 7.99. The third-order valence-electron chi connectivity index (χ3n) is 2.05. The molecule has 4 nitrogen and oxygen atoms in total. The molecule has 0 saturated carbocycles. The maximum atomic E-state index is 12.0. The molecule has 0 atom stereocenters. The monoisotopic (exact) mass is 288 g/mol. The number of benzene rings is 1. The molecule has 1 aromatic heterocycles. The van der Waals surface area contributed by atoms with E-state index in [0.717, 1.165) is 0 Å². The molecule has 0 aliphatic carbocycles. The molecule has 0 radical (unpaired) electrons. The second-order valence-corrected chi connectivity index (χ2v) is 6.17. The molecular weight excluding hydrogens is 280 g/mol. The van der Waals surface area contributed by atoms with Crippen molar-refractivity contribution in [3.63, 3.8) is 0 Å². The van der Waals surface area contributed by atoms with Gasteiger partial charge in [0.2, 0.25) is 0 Å². The van der Waals surface area contributed by atoms with Gasteiger partial charge in [-0.2, -0.15) is 11.3 Å². The van der Waals surface area contributed by atoms with Crippen molar-refractivity contribution in [3.05, 3.63) is 40.0 Å². The van der Waals surface area contributed by atoms with Gasteiger partial charge in [0.25, 0.3) is 10.0 Å². The molecule has 90 valence electrons. The smallest absolute Gasteiger partial charge is 0.261 e. The number of hydrogen-bond donors (Lipinski definition) is 2. The van der Waals surface area contributed by atoms with Gasteiger partial charge in [-0.05, 0) is 29.6 Å². The average Bonchev–Trinajstić information content (AvgIpc) is 2.73. The van der Waals surface area contributed by atoms with Crippen molar-refractivity contribution in [3.8, 4) is 0 Å².